The molecule has 1 heterocycles. The van der Waals surface area contributed by atoms with Crippen LogP contribution in [0.5, 0.6) is 0 Å². The molecule has 0 saturated carbocycles. The summed E-state index contributed by atoms with van der Waals surface area (Å²) in [5.74, 6) is 0.613. The summed E-state index contributed by atoms with van der Waals surface area (Å²) in [5, 5.41) is 0. The topological polar surface area (TPSA) is 38.8 Å². The van der Waals surface area contributed by atoms with E-state index in [0.717, 1.165) is 25.9 Å². The van der Waals surface area contributed by atoms with Gasteiger partial charge in [0.2, 0.25) is 0 Å². The zero-order valence-electron chi connectivity index (χ0n) is 14.0. The average molecular weight is 285 g/mol. The first-order chi connectivity index (χ1) is 9.19. The van der Waals surface area contributed by atoms with Gasteiger partial charge in [-0.2, -0.15) is 0 Å². The summed E-state index contributed by atoms with van der Waals surface area (Å²) in [4.78, 5) is 13.8. The van der Waals surface area contributed by atoms with Crippen molar-refractivity contribution in [2.75, 3.05) is 19.7 Å². The van der Waals surface area contributed by atoms with Gasteiger partial charge in [-0.05, 0) is 40.0 Å². The van der Waals surface area contributed by atoms with E-state index in [1.54, 1.807) is 4.90 Å². The van der Waals surface area contributed by atoms with Gasteiger partial charge in [0.15, 0.2) is 0 Å². The van der Waals surface area contributed by atoms with Gasteiger partial charge in [-0.15, -0.1) is 0 Å². The van der Waals surface area contributed by atoms with Crippen LogP contribution in [0.2, 0.25) is 0 Å². The van der Waals surface area contributed by atoms with Gasteiger partial charge < -0.3 is 14.4 Å². The van der Waals surface area contributed by atoms with Crippen molar-refractivity contribution in [3.63, 3.8) is 0 Å². The Morgan fingerprint density at radius 2 is 1.90 bits per heavy atom. The van der Waals surface area contributed by atoms with Crippen LogP contribution in [0.4, 0.5) is 4.79 Å². The number of rotatable bonds is 5. The van der Waals surface area contributed by atoms with E-state index >= 15 is 0 Å². The molecule has 20 heavy (non-hydrogen) atoms. The summed E-state index contributed by atoms with van der Waals surface area (Å²) in [6.07, 6.45) is 2.93. The van der Waals surface area contributed by atoms with Crippen LogP contribution in [0.3, 0.4) is 0 Å². The van der Waals surface area contributed by atoms with Crippen molar-refractivity contribution < 1.29 is 14.3 Å². The number of hydrogen-bond donors (Lipinski definition) is 0. The highest BCUT2D eigenvalue weighted by Gasteiger charge is 2.38. The fraction of sp³-hybridized carbons (Fsp3) is 0.938. The van der Waals surface area contributed by atoms with Crippen LogP contribution < -0.4 is 0 Å². The second-order valence-electron chi connectivity index (χ2n) is 7.10. The molecule has 0 radical (unpaired) electrons. The van der Waals surface area contributed by atoms with Crippen molar-refractivity contribution in [2.45, 2.75) is 72.0 Å². The van der Waals surface area contributed by atoms with E-state index in [-0.39, 0.29) is 11.7 Å². The first-order valence-electron chi connectivity index (χ1n) is 7.81. The molecule has 0 N–H and O–H groups in total. The predicted molar refractivity (Wildman–Crippen MR) is 80.9 cm³/mol. The standard InChI is InChI=1S/C16H31NO3/c1-7-13(8-2)11-19-16(6)9-10-17(12-16)14(18)20-15(3,4)5/h13H,7-12H2,1-6H3. The van der Waals surface area contributed by atoms with Crippen LogP contribution in [-0.4, -0.2) is 41.9 Å². The lowest BCUT2D eigenvalue weighted by Crippen LogP contribution is -2.39. The monoisotopic (exact) mass is 285 g/mol. The van der Waals surface area contributed by atoms with Crippen LogP contribution in [0.1, 0.15) is 60.8 Å². The second kappa shape index (κ2) is 6.79. The molecular formula is C16H31NO3. The Labute approximate surface area is 123 Å². The van der Waals surface area contributed by atoms with E-state index < -0.39 is 5.60 Å². The maximum atomic E-state index is 12.0. The molecule has 118 valence electrons. The fourth-order valence-corrected chi connectivity index (χ4v) is 2.38. The Morgan fingerprint density at radius 1 is 1.30 bits per heavy atom. The number of nitrogens with zero attached hydrogens (tertiary/aromatic N) is 1. The predicted octanol–water partition coefficient (Wildman–Crippen LogP) is 3.84. The van der Waals surface area contributed by atoms with Gasteiger partial charge in [-0.3, -0.25) is 0 Å². The van der Waals surface area contributed by atoms with Gasteiger partial charge in [0.1, 0.15) is 5.60 Å². The molecule has 1 amide bonds. The van der Waals surface area contributed by atoms with Gasteiger partial charge in [0, 0.05) is 6.54 Å². The van der Waals surface area contributed by atoms with E-state index in [2.05, 4.69) is 20.8 Å². The number of amides is 1. The molecule has 0 aliphatic carbocycles. The molecule has 1 rings (SSSR count). The Hall–Kier alpha value is -0.770. The molecule has 0 aromatic carbocycles. The third-order valence-corrected chi connectivity index (χ3v) is 3.91. The molecule has 1 aliphatic heterocycles. The highest BCUT2D eigenvalue weighted by Crippen LogP contribution is 2.27. The van der Waals surface area contributed by atoms with Crippen LogP contribution in [0.25, 0.3) is 0 Å². The lowest BCUT2D eigenvalue weighted by Gasteiger charge is -2.28. The average Bonchev–Trinajstić information content (AvgIpc) is 2.72. The summed E-state index contributed by atoms with van der Waals surface area (Å²) in [5.41, 5.74) is -0.661. The Balaban J connectivity index is 2.46. The van der Waals surface area contributed by atoms with Gasteiger partial charge in [-0.1, -0.05) is 26.7 Å². The van der Waals surface area contributed by atoms with Crippen molar-refractivity contribution >= 4 is 6.09 Å². The van der Waals surface area contributed by atoms with Crippen molar-refractivity contribution in [1.29, 1.82) is 0 Å². The third-order valence-electron chi connectivity index (χ3n) is 3.91. The lowest BCUT2D eigenvalue weighted by molar-refractivity contribution is -0.0434. The zero-order valence-corrected chi connectivity index (χ0v) is 14.0. The van der Waals surface area contributed by atoms with E-state index in [0.29, 0.717) is 19.0 Å². The molecule has 0 bridgehead atoms. The molecule has 4 heteroatoms. The number of hydrogen-bond acceptors (Lipinski definition) is 3. The molecule has 1 aliphatic rings. The third kappa shape index (κ3) is 5.31. The largest absolute Gasteiger partial charge is 0.444 e. The molecular weight excluding hydrogens is 254 g/mol. The van der Waals surface area contributed by atoms with Crippen LogP contribution in [0, 0.1) is 5.92 Å². The fourth-order valence-electron chi connectivity index (χ4n) is 2.38. The number of carbonyl (C=O) groups excluding carboxylic acids is 1. The molecule has 0 spiro atoms. The minimum Gasteiger partial charge on any atom is -0.444 e. The summed E-state index contributed by atoms with van der Waals surface area (Å²) < 4.78 is 11.5. The number of carbonyl (C=O) groups is 1. The van der Waals surface area contributed by atoms with Crippen molar-refractivity contribution in [2.24, 2.45) is 5.92 Å². The lowest BCUT2D eigenvalue weighted by atomic mass is 10.0. The Kier molecular flexibility index (Phi) is 5.87. The van der Waals surface area contributed by atoms with Gasteiger partial charge in [0.25, 0.3) is 0 Å². The molecule has 1 saturated heterocycles. The molecule has 0 aromatic heterocycles. The van der Waals surface area contributed by atoms with Crippen LogP contribution in [0.15, 0.2) is 0 Å². The van der Waals surface area contributed by atoms with E-state index in [4.69, 9.17) is 9.47 Å². The highest BCUT2D eigenvalue weighted by molar-refractivity contribution is 5.68. The minimum absolute atomic E-state index is 0.223. The zero-order chi connectivity index (χ0) is 15.4. The molecule has 0 aromatic rings. The van der Waals surface area contributed by atoms with E-state index in [9.17, 15) is 4.79 Å². The van der Waals surface area contributed by atoms with Crippen LogP contribution in [-0.2, 0) is 9.47 Å². The van der Waals surface area contributed by atoms with Gasteiger partial charge >= 0.3 is 6.09 Å². The Bertz CT molecular complexity index is 320. The Morgan fingerprint density at radius 3 is 2.40 bits per heavy atom. The first-order valence-corrected chi connectivity index (χ1v) is 7.81. The SMILES string of the molecule is CCC(CC)COC1(C)CCN(C(=O)OC(C)(C)C)C1. The van der Waals surface area contributed by atoms with Crippen molar-refractivity contribution in [3.8, 4) is 0 Å². The summed E-state index contributed by atoms with van der Waals surface area (Å²) in [6, 6.07) is 0. The van der Waals surface area contributed by atoms with Crippen LogP contribution >= 0.6 is 0 Å². The molecule has 4 nitrogen and oxygen atoms in total. The normalized spacial score (nSPS) is 23.4. The number of likely N-dealkylation sites (tertiary alicyclic amines) is 1. The molecule has 1 atom stereocenters. The maximum Gasteiger partial charge on any atom is 0.410 e. The van der Waals surface area contributed by atoms with Crippen molar-refractivity contribution in [3.05, 3.63) is 0 Å². The minimum atomic E-state index is -0.438. The highest BCUT2D eigenvalue weighted by atomic mass is 16.6. The summed E-state index contributed by atoms with van der Waals surface area (Å²) >= 11 is 0. The van der Waals surface area contributed by atoms with Gasteiger partial charge in [0.05, 0.1) is 18.8 Å². The summed E-state index contributed by atoms with van der Waals surface area (Å²) in [7, 11) is 0. The smallest absolute Gasteiger partial charge is 0.410 e. The quantitative estimate of drug-likeness (QED) is 0.770. The molecule has 1 unspecified atom stereocenters. The maximum absolute atomic E-state index is 12.0. The second-order valence-corrected chi connectivity index (χ2v) is 7.10. The molecule has 1 fully saturated rings. The first kappa shape index (κ1) is 17.3. The van der Waals surface area contributed by atoms with E-state index in [1.807, 2.05) is 20.8 Å². The van der Waals surface area contributed by atoms with Gasteiger partial charge in [-0.25, -0.2) is 4.79 Å². The van der Waals surface area contributed by atoms with Crippen molar-refractivity contribution in [1.82, 2.24) is 4.90 Å². The van der Waals surface area contributed by atoms with E-state index in [1.165, 1.54) is 0 Å². The number of ether oxygens (including phenoxy) is 2. The summed E-state index contributed by atoms with van der Waals surface area (Å²) in [6.45, 7) is 14.3.